The van der Waals surface area contributed by atoms with Crippen molar-refractivity contribution in [2.75, 3.05) is 6.61 Å². The Morgan fingerprint density at radius 3 is 2.58 bits per heavy atom. The smallest absolute Gasteiger partial charge is 0.330 e. The quantitative estimate of drug-likeness (QED) is 0.287. The average Bonchev–Trinajstić information content (AvgIpc) is 2.01. The number of esters is 1. The molecule has 0 aliphatic heterocycles. The van der Waals surface area contributed by atoms with Crippen LogP contribution in [0.5, 0.6) is 0 Å². The molecule has 0 saturated carbocycles. The molecular weight excluding hydrogens is 180 g/mol. The fourth-order valence-electron chi connectivity index (χ4n) is 0.499. The van der Waals surface area contributed by atoms with E-state index in [-0.39, 0.29) is 0 Å². The Morgan fingerprint density at radius 2 is 2.08 bits per heavy atom. The highest BCUT2D eigenvalue weighted by molar-refractivity contribution is 6.66. The van der Waals surface area contributed by atoms with Crippen LogP contribution in [0.2, 0.25) is 0 Å². The first kappa shape index (κ1) is 11.2. The zero-order chi connectivity index (χ0) is 9.40. The molecular formula is C8H11ClO3. The van der Waals surface area contributed by atoms with Crippen molar-refractivity contribution in [1.82, 2.24) is 0 Å². The van der Waals surface area contributed by atoms with Gasteiger partial charge in [-0.05, 0) is 18.0 Å². The van der Waals surface area contributed by atoms with E-state index < -0.39 is 11.2 Å². The third-order valence-corrected chi connectivity index (χ3v) is 1.22. The first-order chi connectivity index (χ1) is 5.66. The van der Waals surface area contributed by atoms with E-state index in [9.17, 15) is 9.59 Å². The Labute approximate surface area is 76.3 Å². The van der Waals surface area contributed by atoms with Crippen LogP contribution in [0.25, 0.3) is 0 Å². The summed E-state index contributed by atoms with van der Waals surface area (Å²) in [5.41, 5.74) is 0. The van der Waals surface area contributed by atoms with Crippen LogP contribution in [0, 0.1) is 0 Å². The normalized spacial score (nSPS) is 10.2. The van der Waals surface area contributed by atoms with Crippen LogP contribution in [-0.4, -0.2) is 17.8 Å². The van der Waals surface area contributed by atoms with Crippen LogP contribution in [0.15, 0.2) is 12.2 Å². The van der Waals surface area contributed by atoms with Crippen molar-refractivity contribution in [3.05, 3.63) is 12.2 Å². The second kappa shape index (κ2) is 6.85. The number of hydrogen-bond donors (Lipinski definition) is 0. The van der Waals surface area contributed by atoms with E-state index in [4.69, 9.17) is 16.3 Å². The summed E-state index contributed by atoms with van der Waals surface area (Å²) in [6, 6.07) is 0. The van der Waals surface area contributed by atoms with Crippen LogP contribution in [0.3, 0.4) is 0 Å². The fourth-order valence-corrected chi connectivity index (χ4v) is 0.562. The van der Waals surface area contributed by atoms with Gasteiger partial charge >= 0.3 is 5.97 Å². The maximum Gasteiger partial charge on any atom is 0.330 e. The van der Waals surface area contributed by atoms with Crippen LogP contribution in [0.1, 0.15) is 19.8 Å². The Bertz CT molecular complexity index is 187. The monoisotopic (exact) mass is 190 g/mol. The van der Waals surface area contributed by atoms with Crippen molar-refractivity contribution in [2.45, 2.75) is 19.8 Å². The molecule has 0 saturated heterocycles. The standard InChI is InChI=1S/C8H11ClO3/c1-2-3-6-12-8(11)5-4-7(9)10/h4-5H,2-3,6H2,1H3. The summed E-state index contributed by atoms with van der Waals surface area (Å²) in [7, 11) is 0. The molecule has 3 nitrogen and oxygen atoms in total. The topological polar surface area (TPSA) is 43.4 Å². The van der Waals surface area contributed by atoms with Crippen molar-refractivity contribution >= 4 is 22.8 Å². The Morgan fingerprint density at radius 1 is 1.42 bits per heavy atom. The number of rotatable bonds is 5. The number of unbranched alkanes of at least 4 members (excludes halogenated alkanes) is 1. The second-order valence-corrected chi connectivity index (χ2v) is 2.53. The van der Waals surface area contributed by atoms with E-state index in [1.165, 1.54) is 0 Å². The molecule has 0 aliphatic carbocycles. The summed E-state index contributed by atoms with van der Waals surface area (Å²) in [5, 5.41) is -0.678. The summed E-state index contributed by atoms with van der Waals surface area (Å²) in [4.78, 5) is 20.9. The molecule has 4 heteroatoms. The van der Waals surface area contributed by atoms with E-state index in [2.05, 4.69) is 0 Å². The summed E-state index contributed by atoms with van der Waals surface area (Å²) in [6.07, 6.45) is 3.78. The lowest BCUT2D eigenvalue weighted by atomic mass is 10.4. The minimum Gasteiger partial charge on any atom is -0.463 e. The fraction of sp³-hybridized carbons (Fsp3) is 0.500. The third kappa shape index (κ3) is 7.28. The Hall–Kier alpha value is -0.830. The number of ether oxygens (including phenoxy) is 1. The lowest BCUT2D eigenvalue weighted by Crippen LogP contribution is -2.02. The van der Waals surface area contributed by atoms with Crippen molar-refractivity contribution in [1.29, 1.82) is 0 Å². The summed E-state index contributed by atoms with van der Waals surface area (Å²) in [5.74, 6) is -0.530. The number of allylic oxidation sites excluding steroid dienone is 1. The molecule has 0 aliphatic rings. The lowest BCUT2D eigenvalue weighted by Gasteiger charge is -1.97. The first-order valence-electron chi connectivity index (χ1n) is 3.71. The van der Waals surface area contributed by atoms with E-state index in [0.29, 0.717) is 6.61 Å². The van der Waals surface area contributed by atoms with Crippen LogP contribution in [-0.2, 0) is 14.3 Å². The average molecular weight is 191 g/mol. The zero-order valence-corrected chi connectivity index (χ0v) is 7.63. The molecule has 0 spiro atoms. The molecule has 0 atom stereocenters. The van der Waals surface area contributed by atoms with Gasteiger partial charge in [-0.3, -0.25) is 4.79 Å². The van der Waals surface area contributed by atoms with Crippen molar-refractivity contribution < 1.29 is 14.3 Å². The molecule has 0 aromatic carbocycles. The molecule has 0 radical (unpaired) electrons. The van der Waals surface area contributed by atoms with Gasteiger partial charge in [-0.15, -0.1) is 0 Å². The lowest BCUT2D eigenvalue weighted by molar-refractivity contribution is -0.138. The Kier molecular flexibility index (Phi) is 6.38. The predicted molar refractivity (Wildman–Crippen MR) is 45.9 cm³/mol. The first-order valence-corrected chi connectivity index (χ1v) is 4.09. The van der Waals surface area contributed by atoms with Gasteiger partial charge in [-0.1, -0.05) is 13.3 Å². The molecule has 0 rings (SSSR count). The number of carbonyl (C=O) groups is 2. The minimum absolute atomic E-state index is 0.385. The van der Waals surface area contributed by atoms with Gasteiger partial charge in [-0.25, -0.2) is 4.79 Å². The molecule has 0 heterocycles. The van der Waals surface area contributed by atoms with Gasteiger partial charge in [0.25, 0.3) is 0 Å². The second-order valence-electron chi connectivity index (χ2n) is 2.16. The van der Waals surface area contributed by atoms with Gasteiger partial charge in [0.15, 0.2) is 0 Å². The van der Waals surface area contributed by atoms with Gasteiger partial charge in [-0.2, -0.15) is 0 Å². The van der Waals surface area contributed by atoms with Gasteiger partial charge in [0.2, 0.25) is 5.24 Å². The minimum atomic E-state index is -0.678. The van der Waals surface area contributed by atoms with Crippen molar-refractivity contribution in [3.8, 4) is 0 Å². The van der Waals surface area contributed by atoms with Crippen LogP contribution in [0.4, 0.5) is 0 Å². The molecule has 12 heavy (non-hydrogen) atoms. The molecule has 0 aromatic heterocycles. The van der Waals surface area contributed by atoms with Crippen molar-refractivity contribution in [2.24, 2.45) is 0 Å². The number of hydrogen-bond acceptors (Lipinski definition) is 3. The molecule has 0 amide bonds. The summed E-state index contributed by atoms with van der Waals surface area (Å²) >= 11 is 4.95. The molecule has 0 N–H and O–H groups in total. The molecule has 68 valence electrons. The van der Waals surface area contributed by atoms with Crippen LogP contribution < -0.4 is 0 Å². The van der Waals surface area contributed by atoms with E-state index >= 15 is 0 Å². The summed E-state index contributed by atoms with van der Waals surface area (Å²) < 4.78 is 4.70. The SMILES string of the molecule is CCCCOC(=O)C=CC(=O)Cl. The van der Waals surface area contributed by atoms with Gasteiger partial charge < -0.3 is 4.74 Å². The molecule has 0 fully saturated rings. The molecule has 0 unspecified atom stereocenters. The maximum atomic E-state index is 10.7. The van der Waals surface area contributed by atoms with Gasteiger partial charge in [0.05, 0.1) is 6.61 Å². The summed E-state index contributed by atoms with van der Waals surface area (Å²) in [6.45, 7) is 2.38. The van der Waals surface area contributed by atoms with E-state index in [0.717, 1.165) is 25.0 Å². The zero-order valence-electron chi connectivity index (χ0n) is 6.88. The van der Waals surface area contributed by atoms with Crippen molar-refractivity contribution in [3.63, 3.8) is 0 Å². The van der Waals surface area contributed by atoms with Gasteiger partial charge in [0.1, 0.15) is 0 Å². The number of carbonyl (C=O) groups excluding carboxylic acids is 2. The Balaban J connectivity index is 3.53. The third-order valence-electron chi connectivity index (χ3n) is 1.09. The molecule has 0 aromatic rings. The van der Waals surface area contributed by atoms with E-state index in [1.807, 2.05) is 6.92 Å². The molecule has 0 bridgehead atoms. The maximum absolute atomic E-state index is 10.7. The highest BCUT2D eigenvalue weighted by Crippen LogP contribution is 1.90. The van der Waals surface area contributed by atoms with E-state index in [1.54, 1.807) is 0 Å². The predicted octanol–water partition coefficient (Wildman–Crippen LogP) is 1.65. The largest absolute Gasteiger partial charge is 0.463 e. The highest BCUT2D eigenvalue weighted by Gasteiger charge is 1.96. The van der Waals surface area contributed by atoms with Gasteiger partial charge in [0, 0.05) is 12.2 Å². The highest BCUT2D eigenvalue weighted by atomic mass is 35.5. The number of halogens is 1. The van der Waals surface area contributed by atoms with Crippen LogP contribution >= 0.6 is 11.6 Å².